The van der Waals surface area contributed by atoms with Crippen molar-refractivity contribution in [3.05, 3.63) is 94.7 Å². The molecule has 2 N–H and O–H groups in total. The Bertz CT molecular complexity index is 1260. The lowest BCUT2D eigenvalue weighted by molar-refractivity contribution is -0.116. The van der Waals surface area contributed by atoms with Gasteiger partial charge in [-0.3, -0.25) is 4.79 Å². The molecule has 0 amide bonds. The third-order valence-corrected chi connectivity index (χ3v) is 5.93. The summed E-state index contributed by atoms with van der Waals surface area (Å²) in [7, 11) is 0. The molecule has 2 aliphatic rings. The SMILES string of the molecule is N#CC1=C(N)OC2=C(C(=O)CCC2)C1c1cn(Cc2ccccc2)c2ccccc12. The Hall–Kier alpha value is -3.78. The van der Waals surface area contributed by atoms with Gasteiger partial charge in [-0.25, -0.2) is 0 Å². The number of Topliss-reactive ketones (excluding diaryl/α,β-unsaturated/α-hetero) is 1. The molecule has 1 unspecified atom stereocenters. The molecule has 0 saturated carbocycles. The monoisotopic (exact) mass is 395 g/mol. The van der Waals surface area contributed by atoms with Crippen molar-refractivity contribution >= 4 is 16.7 Å². The number of hydrogen-bond donors (Lipinski definition) is 1. The van der Waals surface area contributed by atoms with Crippen LogP contribution in [0.1, 0.15) is 36.3 Å². The molecule has 1 aliphatic carbocycles. The fraction of sp³-hybridized carbons (Fsp3) is 0.200. The van der Waals surface area contributed by atoms with Crippen LogP contribution in [0, 0.1) is 11.3 Å². The number of carbonyl (C=O) groups is 1. The zero-order chi connectivity index (χ0) is 20.7. The van der Waals surface area contributed by atoms with Gasteiger partial charge in [0, 0.05) is 42.1 Å². The van der Waals surface area contributed by atoms with Gasteiger partial charge in [-0.2, -0.15) is 5.26 Å². The molecule has 5 heteroatoms. The summed E-state index contributed by atoms with van der Waals surface area (Å²) in [4.78, 5) is 12.9. The minimum absolute atomic E-state index is 0.0430. The molecule has 30 heavy (non-hydrogen) atoms. The van der Waals surface area contributed by atoms with Crippen LogP contribution in [-0.2, 0) is 16.1 Å². The fourth-order valence-electron chi connectivity index (χ4n) is 4.58. The number of ether oxygens (including phenoxy) is 1. The van der Waals surface area contributed by atoms with E-state index in [0.717, 1.165) is 22.9 Å². The van der Waals surface area contributed by atoms with E-state index in [1.165, 1.54) is 5.56 Å². The summed E-state index contributed by atoms with van der Waals surface area (Å²) in [5, 5.41) is 10.9. The highest BCUT2D eigenvalue weighted by atomic mass is 16.5. The van der Waals surface area contributed by atoms with Gasteiger partial charge >= 0.3 is 0 Å². The molecule has 148 valence electrons. The number of ketones is 1. The van der Waals surface area contributed by atoms with Crippen LogP contribution in [0.5, 0.6) is 0 Å². The second kappa shape index (κ2) is 7.23. The first-order valence-corrected chi connectivity index (χ1v) is 10.1. The van der Waals surface area contributed by atoms with Crippen LogP contribution in [0.25, 0.3) is 10.9 Å². The van der Waals surface area contributed by atoms with Crippen molar-refractivity contribution in [2.75, 3.05) is 0 Å². The first-order valence-electron chi connectivity index (χ1n) is 10.1. The molecule has 3 aromatic rings. The quantitative estimate of drug-likeness (QED) is 0.708. The molecule has 0 fully saturated rings. The van der Waals surface area contributed by atoms with E-state index in [9.17, 15) is 10.1 Å². The second-order valence-electron chi connectivity index (χ2n) is 7.75. The molecule has 2 aromatic carbocycles. The number of nitrogens with two attached hydrogens (primary N) is 1. The largest absolute Gasteiger partial charge is 0.444 e. The van der Waals surface area contributed by atoms with Gasteiger partial charge in [0.05, 0.1) is 5.92 Å². The lowest BCUT2D eigenvalue weighted by atomic mass is 9.77. The number of benzene rings is 2. The average molecular weight is 395 g/mol. The van der Waals surface area contributed by atoms with Crippen LogP contribution in [0.2, 0.25) is 0 Å². The number of carbonyl (C=O) groups excluding carboxylic acids is 1. The Morgan fingerprint density at radius 3 is 2.67 bits per heavy atom. The van der Waals surface area contributed by atoms with Crippen LogP contribution >= 0.6 is 0 Å². The van der Waals surface area contributed by atoms with Crippen LogP contribution in [0.3, 0.4) is 0 Å². The normalized spacial score (nSPS) is 18.9. The van der Waals surface area contributed by atoms with E-state index in [-0.39, 0.29) is 11.7 Å². The van der Waals surface area contributed by atoms with E-state index >= 15 is 0 Å². The Morgan fingerprint density at radius 2 is 1.87 bits per heavy atom. The van der Waals surface area contributed by atoms with Gasteiger partial charge in [-0.05, 0) is 23.6 Å². The van der Waals surface area contributed by atoms with Crippen molar-refractivity contribution < 1.29 is 9.53 Å². The molecule has 1 atom stereocenters. The third-order valence-electron chi connectivity index (χ3n) is 5.93. The Balaban J connectivity index is 1.71. The lowest BCUT2D eigenvalue weighted by Gasteiger charge is -2.30. The van der Waals surface area contributed by atoms with Gasteiger partial charge in [0.1, 0.15) is 17.4 Å². The molecular weight excluding hydrogens is 374 g/mol. The first-order chi connectivity index (χ1) is 14.7. The van der Waals surface area contributed by atoms with Crippen molar-refractivity contribution in [3.8, 4) is 6.07 Å². The van der Waals surface area contributed by atoms with Gasteiger partial charge in [0.15, 0.2) is 5.78 Å². The molecular formula is C25H21N3O2. The topological polar surface area (TPSA) is 81.0 Å². The number of para-hydroxylation sites is 1. The Kier molecular flexibility index (Phi) is 4.40. The molecule has 2 heterocycles. The number of hydrogen-bond acceptors (Lipinski definition) is 4. The molecule has 0 bridgehead atoms. The highest BCUT2D eigenvalue weighted by molar-refractivity contribution is 6.00. The van der Waals surface area contributed by atoms with Crippen LogP contribution < -0.4 is 5.73 Å². The molecule has 1 aliphatic heterocycles. The summed E-state index contributed by atoms with van der Waals surface area (Å²) in [5.74, 6) is 0.276. The highest BCUT2D eigenvalue weighted by Crippen LogP contribution is 2.45. The van der Waals surface area contributed by atoms with E-state index in [2.05, 4.69) is 35.0 Å². The lowest BCUT2D eigenvalue weighted by Crippen LogP contribution is -2.27. The summed E-state index contributed by atoms with van der Waals surface area (Å²) in [6.07, 6.45) is 3.94. The van der Waals surface area contributed by atoms with Gasteiger partial charge in [-0.1, -0.05) is 48.5 Å². The Morgan fingerprint density at radius 1 is 1.10 bits per heavy atom. The van der Waals surface area contributed by atoms with E-state index in [4.69, 9.17) is 10.5 Å². The Labute approximate surface area is 174 Å². The van der Waals surface area contributed by atoms with Crippen LogP contribution in [-0.4, -0.2) is 10.4 Å². The predicted octanol–water partition coefficient (Wildman–Crippen LogP) is 4.50. The summed E-state index contributed by atoms with van der Waals surface area (Å²) in [6, 6.07) is 20.5. The second-order valence-corrected chi connectivity index (χ2v) is 7.75. The molecule has 1 aromatic heterocycles. The van der Waals surface area contributed by atoms with E-state index < -0.39 is 5.92 Å². The summed E-state index contributed by atoms with van der Waals surface area (Å²) >= 11 is 0. The maximum absolute atomic E-state index is 12.9. The van der Waals surface area contributed by atoms with Gasteiger partial charge in [0.2, 0.25) is 5.88 Å². The molecule has 5 nitrogen and oxygen atoms in total. The molecule has 0 spiro atoms. The number of fused-ring (bicyclic) bond motifs is 1. The highest BCUT2D eigenvalue weighted by Gasteiger charge is 2.39. The van der Waals surface area contributed by atoms with Crippen molar-refractivity contribution in [2.45, 2.75) is 31.7 Å². The van der Waals surface area contributed by atoms with Crippen molar-refractivity contribution in [1.29, 1.82) is 5.26 Å². The van der Waals surface area contributed by atoms with Crippen LogP contribution in [0.15, 0.2) is 83.6 Å². The summed E-state index contributed by atoms with van der Waals surface area (Å²) in [6.45, 7) is 0.700. The van der Waals surface area contributed by atoms with Crippen LogP contribution in [0.4, 0.5) is 0 Å². The molecule has 0 radical (unpaired) electrons. The summed E-state index contributed by atoms with van der Waals surface area (Å²) < 4.78 is 7.89. The standard InChI is InChI=1S/C25H21N3O2/c26-13-18-23(24-21(29)11-6-12-22(24)30-25(18)27)19-15-28(14-16-7-2-1-3-8-16)20-10-5-4-9-17(19)20/h1-5,7-10,15,23H,6,11-12,14,27H2. The average Bonchev–Trinajstić information content (AvgIpc) is 3.12. The number of nitriles is 1. The van der Waals surface area contributed by atoms with E-state index in [0.29, 0.717) is 36.3 Å². The number of allylic oxidation sites excluding steroid dienone is 3. The zero-order valence-electron chi connectivity index (χ0n) is 16.5. The van der Waals surface area contributed by atoms with Crippen molar-refractivity contribution in [3.63, 3.8) is 0 Å². The number of rotatable bonds is 3. The predicted molar refractivity (Wildman–Crippen MR) is 114 cm³/mol. The minimum Gasteiger partial charge on any atom is -0.444 e. The molecule has 5 rings (SSSR count). The van der Waals surface area contributed by atoms with E-state index in [1.807, 2.05) is 36.4 Å². The number of aromatic nitrogens is 1. The molecule has 0 saturated heterocycles. The van der Waals surface area contributed by atoms with Crippen molar-refractivity contribution in [2.24, 2.45) is 5.73 Å². The van der Waals surface area contributed by atoms with Gasteiger partial charge in [-0.15, -0.1) is 0 Å². The van der Waals surface area contributed by atoms with Gasteiger partial charge < -0.3 is 15.0 Å². The van der Waals surface area contributed by atoms with E-state index in [1.54, 1.807) is 0 Å². The van der Waals surface area contributed by atoms with Gasteiger partial charge in [0.25, 0.3) is 0 Å². The first kappa shape index (κ1) is 18.3. The van der Waals surface area contributed by atoms with Crippen molar-refractivity contribution in [1.82, 2.24) is 4.57 Å². The maximum Gasteiger partial charge on any atom is 0.205 e. The fourth-order valence-corrected chi connectivity index (χ4v) is 4.58. The minimum atomic E-state index is -0.492. The zero-order valence-corrected chi connectivity index (χ0v) is 16.5. The number of nitrogens with zero attached hydrogens (tertiary/aromatic N) is 2. The third kappa shape index (κ3) is 2.89. The maximum atomic E-state index is 12.9. The smallest absolute Gasteiger partial charge is 0.205 e. The summed E-state index contributed by atoms with van der Waals surface area (Å²) in [5.41, 5.74) is 10.2.